The first-order valence-electron chi connectivity index (χ1n) is 7.02. The molecule has 2 rings (SSSR count). The second kappa shape index (κ2) is 7.04. The van der Waals surface area contributed by atoms with Gasteiger partial charge in [0.05, 0.1) is 18.4 Å². The zero-order valence-electron chi connectivity index (χ0n) is 11.8. The summed E-state index contributed by atoms with van der Waals surface area (Å²) in [6, 6.07) is 0.498. The topological polar surface area (TPSA) is 50.2 Å². The molecular formula is C14H21BrN4O. The average Bonchev–Trinajstić information content (AvgIpc) is 2.95. The molecule has 1 saturated heterocycles. The van der Waals surface area contributed by atoms with Crippen LogP contribution in [-0.4, -0.2) is 35.5 Å². The second-order valence-corrected chi connectivity index (χ2v) is 5.74. The molecule has 1 unspecified atom stereocenters. The lowest BCUT2D eigenvalue weighted by molar-refractivity contribution is 0.581. The number of allylic oxidation sites excluding steroid dienone is 1. The van der Waals surface area contributed by atoms with Crippen molar-refractivity contribution in [2.75, 3.05) is 24.5 Å². The van der Waals surface area contributed by atoms with E-state index in [1.807, 2.05) is 0 Å². The van der Waals surface area contributed by atoms with Gasteiger partial charge in [-0.05, 0) is 42.2 Å². The Morgan fingerprint density at radius 2 is 2.50 bits per heavy atom. The van der Waals surface area contributed by atoms with Gasteiger partial charge in [0, 0.05) is 19.1 Å². The third-order valence-corrected chi connectivity index (χ3v) is 4.34. The molecule has 2 heterocycles. The monoisotopic (exact) mass is 340 g/mol. The van der Waals surface area contributed by atoms with Gasteiger partial charge in [-0.1, -0.05) is 6.08 Å². The van der Waals surface area contributed by atoms with E-state index in [2.05, 4.69) is 44.7 Å². The fourth-order valence-electron chi connectivity index (χ4n) is 2.51. The van der Waals surface area contributed by atoms with Crippen LogP contribution in [-0.2, 0) is 6.54 Å². The average molecular weight is 341 g/mol. The van der Waals surface area contributed by atoms with Gasteiger partial charge >= 0.3 is 0 Å². The molecule has 1 atom stereocenters. The Kier molecular flexibility index (Phi) is 5.37. The maximum absolute atomic E-state index is 12.2. The zero-order chi connectivity index (χ0) is 14.5. The molecular weight excluding hydrogens is 320 g/mol. The summed E-state index contributed by atoms with van der Waals surface area (Å²) >= 11 is 3.42. The maximum atomic E-state index is 12.2. The molecule has 0 spiro atoms. The number of likely N-dealkylation sites (N-methyl/N-ethyl adjacent to an activating group) is 1. The highest BCUT2D eigenvalue weighted by Gasteiger charge is 2.20. The van der Waals surface area contributed by atoms with Crippen LogP contribution in [0.15, 0.2) is 28.1 Å². The van der Waals surface area contributed by atoms with E-state index >= 15 is 0 Å². The number of hydrogen-bond donors (Lipinski definition) is 1. The molecule has 6 heteroatoms. The molecule has 1 aromatic rings. The number of rotatable bonds is 6. The van der Waals surface area contributed by atoms with Crippen LogP contribution < -0.4 is 15.8 Å². The van der Waals surface area contributed by atoms with Crippen molar-refractivity contribution < 1.29 is 0 Å². The molecule has 110 valence electrons. The van der Waals surface area contributed by atoms with Gasteiger partial charge in [-0.2, -0.15) is 5.10 Å². The van der Waals surface area contributed by atoms with Crippen molar-refractivity contribution in [3.8, 4) is 0 Å². The van der Waals surface area contributed by atoms with Gasteiger partial charge in [-0.3, -0.25) is 4.79 Å². The number of nitrogens with one attached hydrogen (secondary N) is 1. The van der Waals surface area contributed by atoms with Gasteiger partial charge in [0.1, 0.15) is 4.47 Å². The fourth-order valence-corrected chi connectivity index (χ4v) is 3.06. The standard InChI is InChI=1S/C14H21BrN4O/c1-3-8-19-14(20)13(15)12(9-17-19)18(4-2)10-11-6-5-7-16-11/h3,9,11,16H,1,4-8,10H2,2H3. The molecule has 1 aliphatic heterocycles. The summed E-state index contributed by atoms with van der Waals surface area (Å²) < 4.78 is 1.98. The molecule has 0 bridgehead atoms. The predicted molar refractivity (Wildman–Crippen MR) is 85.3 cm³/mol. The van der Waals surface area contributed by atoms with Crippen molar-refractivity contribution in [3.63, 3.8) is 0 Å². The van der Waals surface area contributed by atoms with E-state index < -0.39 is 0 Å². The van der Waals surface area contributed by atoms with Gasteiger partial charge in [0.2, 0.25) is 0 Å². The van der Waals surface area contributed by atoms with Gasteiger partial charge in [-0.25, -0.2) is 4.68 Å². The Morgan fingerprint density at radius 3 is 3.10 bits per heavy atom. The molecule has 1 fully saturated rings. The van der Waals surface area contributed by atoms with Crippen molar-refractivity contribution >= 4 is 21.6 Å². The fraction of sp³-hybridized carbons (Fsp3) is 0.571. The van der Waals surface area contributed by atoms with E-state index in [9.17, 15) is 4.79 Å². The van der Waals surface area contributed by atoms with Crippen LogP contribution in [0.25, 0.3) is 0 Å². The third kappa shape index (κ3) is 3.30. The lowest BCUT2D eigenvalue weighted by Crippen LogP contribution is -2.39. The number of hydrogen-bond acceptors (Lipinski definition) is 4. The Balaban J connectivity index is 2.22. The van der Waals surface area contributed by atoms with E-state index in [-0.39, 0.29) is 5.56 Å². The number of halogens is 1. The molecule has 0 radical (unpaired) electrons. The van der Waals surface area contributed by atoms with Crippen LogP contribution in [0.1, 0.15) is 19.8 Å². The smallest absolute Gasteiger partial charge is 0.283 e. The van der Waals surface area contributed by atoms with Crippen molar-refractivity contribution in [2.24, 2.45) is 0 Å². The molecule has 0 aliphatic carbocycles. The van der Waals surface area contributed by atoms with Gasteiger partial charge < -0.3 is 10.2 Å². The zero-order valence-corrected chi connectivity index (χ0v) is 13.4. The Hall–Kier alpha value is -1.14. The SMILES string of the molecule is C=CCn1ncc(N(CC)CC2CCCN2)c(Br)c1=O. The third-order valence-electron chi connectivity index (χ3n) is 3.59. The van der Waals surface area contributed by atoms with Crippen LogP contribution in [0.5, 0.6) is 0 Å². The van der Waals surface area contributed by atoms with E-state index in [1.54, 1.807) is 12.3 Å². The number of nitrogens with zero attached hydrogens (tertiary/aromatic N) is 3. The second-order valence-electron chi connectivity index (χ2n) is 4.95. The first-order chi connectivity index (χ1) is 9.67. The number of anilines is 1. The predicted octanol–water partition coefficient (Wildman–Crippen LogP) is 1.77. The molecule has 1 aliphatic rings. The molecule has 20 heavy (non-hydrogen) atoms. The summed E-state index contributed by atoms with van der Waals surface area (Å²) in [4.78, 5) is 14.4. The molecule has 0 amide bonds. The summed E-state index contributed by atoms with van der Waals surface area (Å²) in [5.74, 6) is 0. The first-order valence-corrected chi connectivity index (χ1v) is 7.81. The minimum Gasteiger partial charge on any atom is -0.368 e. The summed E-state index contributed by atoms with van der Waals surface area (Å²) in [6.45, 7) is 8.99. The van der Waals surface area contributed by atoms with Gasteiger partial charge in [0.25, 0.3) is 5.56 Å². The molecule has 1 aromatic heterocycles. The molecule has 5 nitrogen and oxygen atoms in total. The molecule has 0 aromatic carbocycles. The van der Waals surface area contributed by atoms with Gasteiger partial charge in [0.15, 0.2) is 0 Å². The largest absolute Gasteiger partial charge is 0.368 e. The quantitative estimate of drug-likeness (QED) is 0.802. The first kappa shape index (κ1) is 15.3. The summed E-state index contributed by atoms with van der Waals surface area (Å²) in [6.07, 6.45) is 5.84. The van der Waals surface area contributed by atoms with E-state index in [0.29, 0.717) is 17.1 Å². The van der Waals surface area contributed by atoms with Crippen LogP contribution >= 0.6 is 15.9 Å². The highest BCUT2D eigenvalue weighted by molar-refractivity contribution is 9.10. The summed E-state index contributed by atoms with van der Waals surface area (Å²) in [7, 11) is 0. The summed E-state index contributed by atoms with van der Waals surface area (Å²) in [5, 5.41) is 7.70. The van der Waals surface area contributed by atoms with E-state index in [4.69, 9.17) is 0 Å². The van der Waals surface area contributed by atoms with Crippen molar-refractivity contribution in [2.45, 2.75) is 32.4 Å². The molecule has 0 saturated carbocycles. The maximum Gasteiger partial charge on any atom is 0.283 e. The van der Waals surface area contributed by atoms with Crippen molar-refractivity contribution in [1.29, 1.82) is 0 Å². The Morgan fingerprint density at radius 1 is 1.70 bits per heavy atom. The van der Waals surface area contributed by atoms with Crippen LogP contribution in [0.2, 0.25) is 0 Å². The van der Waals surface area contributed by atoms with Crippen molar-refractivity contribution in [3.05, 3.63) is 33.7 Å². The minimum atomic E-state index is -0.111. The Bertz CT molecular complexity index is 522. The van der Waals surface area contributed by atoms with Crippen molar-refractivity contribution in [1.82, 2.24) is 15.1 Å². The lowest BCUT2D eigenvalue weighted by Gasteiger charge is -2.27. The Labute approximate surface area is 127 Å². The van der Waals surface area contributed by atoms with Crippen LogP contribution in [0, 0.1) is 0 Å². The minimum absolute atomic E-state index is 0.111. The van der Waals surface area contributed by atoms with E-state index in [1.165, 1.54) is 17.5 Å². The van der Waals surface area contributed by atoms with E-state index in [0.717, 1.165) is 25.3 Å². The highest BCUT2D eigenvalue weighted by atomic mass is 79.9. The summed E-state index contributed by atoms with van der Waals surface area (Å²) in [5.41, 5.74) is 0.756. The number of aromatic nitrogens is 2. The van der Waals surface area contributed by atoms with Gasteiger partial charge in [-0.15, -0.1) is 6.58 Å². The lowest BCUT2D eigenvalue weighted by atomic mass is 10.2. The van der Waals surface area contributed by atoms with Crippen LogP contribution in [0.3, 0.4) is 0 Å². The van der Waals surface area contributed by atoms with Crippen LogP contribution in [0.4, 0.5) is 5.69 Å². The normalized spacial score (nSPS) is 18.2. The molecule has 1 N–H and O–H groups in total. The highest BCUT2D eigenvalue weighted by Crippen LogP contribution is 2.22.